The molecule has 0 bridgehead atoms. The second-order valence-electron chi connectivity index (χ2n) is 6.39. The molecule has 1 heterocycles. The van der Waals surface area contributed by atoms with Crippen molar-refractivity contribution >= 4 is 60.7 Å². The first-order valence-corrected chi connectivity index (χ1v) is 13.1. The van der Waals surface area contributed by atoms with E-state index in [9.17, 15) is 13.2 Å². The summed E-state index contributed by atoms with van der Waals surface area (Å²) < 4.78 is 27.6. The maximum atomic E-state index is 12.4. The molecule has 0 saturated carbocycles. The van der Waals surface area contributed by atoms with Gasteiger partial charge in [0.05, 0.1) is 27.4 Å². The standard InChI is InChI=1S/C21H19ClN2O3S3/c1-3-12-24-18-11-8-16(28-2)14-19(18)29-21(24)23-20(25)5-4-13-30(26,27)17-9-6-15(22)7-10-17/h1,6-11,14H,4-5,12-13H2,2H3. The fourth-order valence-corrected chi connectivity index (χ4v) is 5.88. The Labute approximate surface area is 188 Å². The number of hydrogen-bond donors (Lipinski definition) is 0. The summed E-state index contributed by atoms with van der Waals surface area (Å²) in [5.74, 6) is 2.09. The number of thiazole rings is 1. The first-order valence-electron chi connectivity index (χ1n) is 9.01. The highest BCUT2D eigenvalue weighted by molar-refractivity contribution is 7.98. The summed E-state index contributed by atoms with van der Waals surface area (Å²) >= 11 is 8.83. The van der Waals surface area contributed by atoms with Gasteiger partial charge in [0, 0.05) is 16.3 Å². The van der Waals surface area contributed by atoms with Gasteiger partial charge in [-0.05, 0) is 55.1 Å². The number of fused-ring (bicyclic) bond motifs is 1. The zero-order valence-corrected chi connectivity index (χ0v) is 19.4. The van der Waals surface area contributed by atoms with E-state index in [4.69, 9.17) is 18.0 Å². The van der Waals surface area contributed by atoms with Crippen molar-refractivity contribution in [2.45, 2.75) is 29.2 Å². The number of amides is 1. The number of sulfone groups is 1. The predicted octanol–water partition coefficient (Wildman–Crippen LogP) is 4.39. The Morgan fingerprint density at radius 2 is 2.00 bits per heavy atom. The first-order chi connectivity index (χ1) is 14.3. The van der Waals surface area contributed by atoms with E-state index in [2.05, 4.69) is 10.9 Å². The van der Waals surface area contributed by atoms with Crippen LogP contribution in [0.4, 0.5) is 0 Å². The topological polar surface area (TPSA) is 68.5 Å². The molecule has 0 spiro atoms. The monoisotopic (exact) mass is 478 g/mol. The van der Waals surface area contributed by atoms with Crippen LogP contribution in [0.1, 0.15) is 12.8 Å². The maximum Gasteiger partial charge on any atom is 0.248 e. The van der Waals surface area contributed by atoms with Crippen molar-refractivity contribution in [2.75, 3.05) is 12.0 Å². The highest BCUT2D eigenvalue weighted by atomic mass is 35.5. The number of nitrogens with zero attached hydrogens (tertiary/aromatic N) is 2. The van der Waals surface area contributed by atoms with E-state index in [0.717, 1.165) is 15.1 Å². The molecule has 0 fully saturated rings. The summed E-state index contributed by atoms with van der Waals surface area (Å²) in [7, 11) is -3.47. The van der Waals surface area contributed by atoms with Gasteiger partial charge in [0.1, 0.15) is 0 Å². The second kappa shape index (κ2) is 9.84. The fraction of sp³-hybridized carbons (Fsp3) is 0.238. The van der Waals surface area contributed by atoms with Gasteiger partial charge >= 0.3 is 0 Å². The number of halogens is 1. The smallest absolute Gasteiger partial charge is 0.248 e. The van der Waals surface area contributed by atoms with Crippen LogP contribution in [0.3, 0.4) is 0 Å². The van der Waals surface area contributed by atoms with Crippen LogP contribution >= 0.6 is 34.7 Å². The van der Waals surface area contributed by atoms with Crippen molar-refractivity contribution in [3.63, 3.8) is 0 Å². The molecule has 0 N–H and O–H groups in total. The van der Waals surface area contributed by atoms with Crippen LogP contribution in [0.15, 0.2) is 57.2 Å². The van der Waals surface area contributed by atoms with E-state index in [-0.39, 0.29) is 29.4 Å². The van der Waals surface area contributed by atoms with Crippen molar-refractivity contribution < 1.29 is 13.2 Å². The van der Waals surface area contributed by atoms with E-state index in [0.29, 0.717) is 16.4 Å². The van der Waals surface area contributed by atoms with E-state index < -0.39 is 9.84 Å². The van der Waals surface area contributed by atoms with E-state index in [1.54, 1.807) is 11.8 Å². The van der Waals surface area contributed by atoms with Crippen LogP contribution in [-0.4, -0.2) is 30.9 Å². The van der Waals surface area contributed by atoms with Crippen molar-refractivity contribution in [3.8, 4) is 12.3 Å². The fourth-order valence-electron chi connectivity index (χ4n) is 2.85. The SMILES string of the molecule is C#CCn1c(=NC(=O)CCCS(=O)(=O)c2ccc(Cl)cc2)sc2cc(SC)ccc21. The lowest BCUT2D eigenvalue weighted by atomic mass is 10.3. The highest BCUT2D eigenvalue weighted by Crippen LogP contribution is 2.24. The lowest BCUT2D eigenvalue weighted by Gasteiger charge is -2.03. The number of benzene rings is 2. The summed E-state index contributed by atoms with van der Waals surface area (Å²) in [5, 5.41) is 0.469. The van der Waals surface area contributed by atoms with Gasteiger partial charge in [-0.2, -0.15) is 4.99 Å². The molecule has 3 rings (SSSR count). The van der Waals surface area contributed by atoms with Gasteiger partial charge in [-0.1, -0.05) is 28.9 Å². The van der Waals surface area contributed by atoms with Gasteiger partial charge < -0.3 is 4.57 Å². The van der Waals surface area contributed by atoms with Crippen molar-refractivity contribution in [3.05, 3.63) is 52.3 Å². The molecule has 30 heavy (non-hydrogen) atoms. The largest absolute Gasteiger partial charge is 0.305 e. The van der Waals surface area contributed by atoms with Crippen LogP contribution in [0.25, 0.3) is 10.2 Å². The van der Waals surface area contributed by atoms with E-state index in [1.165, 1.54) is 35.6 Å². The molecular formula is C21H19ClN2O3S3. The van der Waals surface area contributed by atoms with Crippen LogP contribution in [0, 0.1) is 12.3 Å². The molecule has 156 valence electrons. The number of thioether (sulfide) groups is 1. The number of aromatic nitrogens is 1. The average Bonchev–Trinajstić information content (AvgIpc) is 3.04. The minimum Gasteiger partial charge on any atom is -0.305 e. The molecule has 1 aromatic heterocycles. The third kappa shape index (κ3) is 5.35. The molecule has 5 nitrogen and oxygen atoms in total. The van der Waals surface area contributed by atoms with E-state index >= 15 is 0 Å². The van der Waals surface area contributed by atoms with Gasteiger partial charge in [0.25, 0.3) is 0 Å². The Balaban J connectivity index is 1.76. The van der Waals surface area contributed by atoms with Crippen molar-refractivity contribution in [1.29, 1.82) is 0 Å². The summed E-state index contributed by atoms with van der Waals surface area (Å²) in [5.41, 5.74) is 0.924. The molecule has 0 unspecified atom stereocenters. The Morgan fingerprint density at radius 3 is 2.67 bits per heavy atom. The van der Waals surface area contributed by atoms with Crippen LogP contribution < -0.4 is 4.80 Å². The summed E-state index contributed by atoms with van der Waals surface area (Å²) in [6.45, 7) is 0.301. The third-order valence-electron chi connectivity index (χ3n) is 4.34. The van der Waals surface area contributed by atoms with Gasteiger partial charge in [-0.15, -0.1) is 18.2 Å². The maximum absolute atomic E-state index is 12.4. The molecular weight excluding hydrogens is 460 g/mol. The Hall–Kier alpha value is -2.05. The quantitative estimate of drug-likeness (QED) is 0.373. The van der Waals surface area contributed by atoms with Crippen molar-refractivity contribution in [2.24, 2.45) is 4.99 Å². The third-order valence-corrected chi connectivity index (χ3v) is 8.17. The van der Waals surface area contributed by atoms with E-state index in [1.807, 2.05) is 29.0 Å². The predicted molar refractivity (Wildman–Crippen MR) is 124 cm³/mol. The number of terminal acetylenes is 1. The normalized spacial score (nSPS) is 12.2. The Kier molecular flexibility index (Phi) is 7.42. The van der Waals surface area contributed by atoms with Gasteiger partial charge in [-0.3, -0.25) is 4.79 Å². The summed E-state index contributed by atoms with van der Waals surface area (Å²) in [6, 6.07) is 12.0. The Bertz CT molecular complexity index is 1280. The Morgan fingerprint density at radius 1 is 1.27 bits per heavy atom. The minimum absolute atomic E-state index is 0.0349. The van der Waals surface area contributed by atoms with Gasteiger partial charge in [-0.25, -0.2) is 8.42 Å². The lowest BCUT2D eigenvalue weighted by molar-refractivity contribution is -0.118. The molecule has 0 radical (unpaired) electrons. The average molecular weight is 479 g/mol. The highest BCUT2D eigenvalue weighted by Gasteiger charge is 2.15. The van der Waals surface area contributed by atoms with Crippen LogP contribution in [-0.2, 0) is 21.2 Å². The second-order valence-corrected chi connectivity index (χ2v) is 10.8. The molecule has 0 saturated heterocycles. The molecule has 0 atom stereocenters. The van der Waals surface area contributed by atoms with Crippen molar-refractivity contribution in [1.82, 2.24) is 4.57 Å². The molecule has 1 amide bonds. The summed E-state index contributed by atoms with van der Waals surface area (Å²) in [4.78, 5) is 18.4. The number of hydrogen-bond acceptors (Lipinski definition) is 5. The van der Waals surface area contributed by atoms with Crippen LogP contribution in [0.2, 0.25) is 5.02 Å². The molecule has 9 heteroatoms. The molecule has 0 aliphatic carbocycles. The van der Waals surface area contributed by atoms with Gasteiger partial charge in [0.2, 0.25) is 5.91 Å². The minimum atomic E-state index is -3.47. The molecule has 0 aliphatic heterocycles. The number of carbonyl (C=O) groups is 1. The lowest BCUT2D eigenvalue weighted by Crippen LogP contribution is -2.16. The summed E-state index contributed by atoms with van der Waals surface area (Å²) in [6.07, 6.45) is 7.70. The number of carbonyl (C=O) groups excluding carboxylic acids is 1. The molecule has 0 aliphatic rings. The molecule has 2 aromatic carbocycles. The zero-order valence-electron chi connectivity index (χ0n) is 16.2. The first kappa shape index (κ1) is 22.6. The van der Waals surface area contributed by atoms with Gasteiger partial charge in [0.15, 0.2) is 14.6 Å². The number of rotatable bonds is 7. The van der Waals surface area contributed by atoms with Crippen LogP contribution in [0.5, 0.6) is 0 Å². The zero-order chi connectivity index (χ0) is 21.7. The molecule has 3 aromatic rings.